The number of aliphatic hydroxyl groups is 1. The highest BCUT2D eigenvalue weighted by Crippen LogP contribution is 2.25. The molecule has 2 N–H and O–H groups in total. The highest BCUT2D eigenvalue weighted by Gasteiger charge is 2.25. The Kier molecular flexibility index (Phi) is 6.42. The van der Waals surface area contributed by atoms with Gasteiger partial charge in [-0.15, -0.1) is 0 Å². The van der Waals surface area contributed by atoms with Crippen LogP contribution in [-0.4, -0.2) is 65.3 Å². The molecule has 0 radical (unpaired) electrons. The highest BCUT2D eigenvalue weighted by atomic mass is 16.3. The summed E-state index contributed by atoms with van der Waals surface area (Å²) in [5, 5.41) is 12.3. The molecule has 0 unspecified atom stereocenters. The summed E-state index contributed by atoms with van der Waals surface area (Å²) in [6.07, 6.45) is 3.55. The first-order valence-corrected chi connectivity index (χ1v) is 9.44. The molecule has 6 heteroatoms. The molecule has 1 saturated heterocycles. The SMILES string of the molecule is Cc1ccc([C@H](NC(=O)N2CCN(CCO)CC2)c2cccnc2)c(C)c1. The minimum atomic E-state index is -0.234. The molecule has 0 aliphatic carbocycles. The number of rotatable bonds is 5. The van der Waals surface area contributed by atoms with Crippen LogP contribution < -0.4 is 5.32 Å². The number of aliphatic hydroxyl groups excluding tert-OH is 1. The summed E-state index contributed by atoms with van der Waals surface area (Å²) in [5.74, 6) is 0. The standard InChI is InChI=1S/C21H28N4O2/c1-16-5-6-19(17(2)14-16)20(18-4-3-7-22-15-18)23-21(27)25-10-8-24(9-11-25)12-13-26/h3-7,14-15,20,26H,8-13H2,1-2H3,(H,23,27)/t20-/m1/s1. The van der Waals surface area contributed by atoms with Gasteiger partial charge in [0.25, 0.3) is 0 Å². The predicted octanol–water partition coefficient (Wildman–Crippen LogP) is 2.11. The van der Waals surface area contributed by atoms with Crippen molar-refractivity contribution in [2.45, 2.75) is 19.9 Å². The molecule has 1 atom stereocenters. The summed E-state index contributed by atoms with van der Waals surface area (Å²) in [6.45, 7) is 7.87. The summed E-state index contributed by atoms with van der Waals surface area (Å²) in [7, 11) is 0. The van der Waals surface area contributed by atoms with E-state index in [1.807, 2.05) is 23.2 Å². The minimum Gasteiger partial charge on any atom is -0.395 e. The molecule has 2 heterocycles. The van der Waals surface area contributed by atoms with Gasteiger partial charge < -0.3 is 15.3 Å². The van der Waals surface area contributed by atoms with Gasteiger partial charge in [-0.3, -0.25) is 9.88 Å². The molecule has 6 nitrogen and oxygen atoms in total. The fourth-order valence-corrected chi connectivity index (χ4v) is 3.57. The van der Waals surface area contributed by atoms with Crippen molar-refractivity contribution in [1.82, 2.24) is 20.1 Å². The predicted molar refractivity (Wildman–Crippen MR) is 106 cm³/mol. The number of hydrogen-bond donors (Lipinski definition) is 2. The smallest absolute Gasteiger partial charge is 0.318 e. The second-order valence-corrected chi connectivity index (χ2v) is 7.08. The molecule has 1 aliphatic rings. The van der Waals surface area contributed by atoms with Crippen LogP contribution >= 0.6 is 0 Å². The normalized spacial score (nSPS) is 16.2. The Labute approximate surface area is 160 Å². The number of β-amino-alcohol motifs (C(OH)–C–C–N with tert-alkyl or cyclic N) is 1. The second kappa shape index (κ2) is 8.97. The third-order valence-corrected chi connectivity index (χ3v) is 5.10. The number of amides is 2. The van der Waals surface area contributed by atoms with Crippen molar-refractivity contribution >= 4 is 6.03 Å². The topological polar surface area (TPSA) is 68.7 Å². The van der Waals surface area contributed by atoms with Crippen LogP contribution in [0.3, 0.4) is 0 Å². The Bertz CT molecular complexity index is 758. The van der Waals surface area contributed by atoms with E-state index in [0.29, 0.717) is 19.6 Å². The molecule has 27 heavy (non-hydrogen) atoms. The summed E-state index contributed by atoms with van der Waals surface area (Å²) >= 11 is 0. The molecule has 1 aromatic heterocycles. The Morgan fingerprint density at radius 3 is 2.63 bits per heavy atom. The monoisotopic (exact) mass is 368 g/mol. The summed E-state index contributed by atoms with van der Waals surface area (Å²) < 4.78 is 0. The third-order valence-electron chi connectivity index (χ3n) is 5.10. The number of piperazine rings is 1. The van der Waals surface area contributed by atoms with E-state index in [4.69, 9.17) is 5.11 Å². The lowest BCUT2D eigenvalue weighted by atomic mass is 9.95. The first-order chi connectivity index (χ1) is 13.1. The molecular weight excluding hydrogens is 340 g/mol. The molecule has 144 valence electrons. The largest absolute Gasteiger partial charge is 0.395 e. The van der Waals surface area contributed by atoms with Crippen molar-refractivity contribution in [1.29, 1.82) is 0 Å². The lowest BCUT2D eigenvalue weighted by Gasteiger charge is -2.35. The van der Waals surface area contributed by atoms with E-state index in [2.05, 4.69) is 47.2 Å². The fraction of sp³-hybridized carbons (Fsp3) is 0.429. The number of hydrogen-bond acceptors (Lipinski definition) is 4. The quantitative estimate of drug-likeness (QED) is 0.848. The zero-order valence-corrected chi connectivity index (χ0v) is 16.1. The van der Waals surface area contributed by atoms with Crippen molar-refractivity contribution in [2.75, 3.05) is 39.3 Å². The van der Waals surface area contributed by atoms with E-state index >= 15 is 0 Å². The van der Waals surface area contributed by atoms with Crippen LogP contribution in [0.4, 0.5) is 4.79 Å². The Hall–Kier alpha value is -2.44. The van der Waals surface area contributed by atoms with Crippen LogP contribution in [0.1, 0.15) is 28.3 Å². The third kappa shape index (κ3) is 4.84. The Balaban J connectivity index is 1.77. The van der Waals surface area contributed by atoms with E-state index in [1.165, 1.54) is 5.56 Å². The lowest BCUT2D eigenvalue weighted by molar-refractivity contribution is 0.121. The summed E-state index contributed by atoms with van der Waals surface area (Å²) in [6, 6.07) is 9.89. The van der Waals surface area contributed by atoms with Gasteiger partial charge in [-0.1, -0.05) is 29.8 Å². The zero-order chi connectivity index (χ0) is 19.2. The maximum atomic E-state index is 12.9. The number of carbonyl (C=O) groups excluding carboxylic acids is 1. The molecule has 1 aromatic carbocycles. The molecule has 0 saturated carbocycles. The molecule has 0 spiro atoms. The van der Waals surface area contributed by atoms with Gasteiger partial charge in [-0.05, 0) is 36.6 Å². The average molecular weight is 368 g/mol. The number of aryl methyl sites for hydroxylation is 2. The molecule has 0 bridgehead atoms. The molecule has 2 aromatic rings. The molecule has 1 fully saturated rings. The van der Waals surface area contributed by atoms with Crippen molar-refractivity contribution in [3.63, 3.8) is 0 Å². The van der Waals surface area contributed by atoms with Gasteiger partial charge in [0.05, 0.1) is 12.6 Å². The van der Waals surface area contributed by atoms with E-state index in [-0.39, 0.29) is 18.7 Å². The summed E-state index contributed by atoms with van der Waals surface area (Å²) in [4.78, 5) is 21.2. The fourth-order valence-electron chi connectivity index (χ4n) is 3.57. The number of carbonyl (C=O) groups is 1. The minimum absolute atomic E-state index is 0.0625. The van der Waals surface area contributed by atoms with Crippen LogP contribution in [0.2, 0.25) is 0 Å². The van der Waals surface area contributed by atoms with Gasteiger partial charge in [0.1, 0.15) is 0 Å². The molecule has 2 amide bonds. The van der Waals surface area contributed by atoms with Crippen LogP contribution in [0.15, 0.2) is 42.7 Å². The van der Waals surface area contributed by atoms with Crippen LogP contribution in [-0.2, 0) is 0 Å². The number of urea groups is 1. The van der Waals surface area contributed by atoms with E-state index < -0.39 is 0 Å². The first kappa shape index (κ1) is 19.3. The van der Waals surface area contributed by atoms with Gasteiger partial charge >= 0.3 is 6.03 Å². The number of nitrogens with one attached hydrogen (secondary N) is 1. The van der Waals surface area contributed by atoms with Crippen molar-refractivity contribution in [3.05, 3.63) is 65.0 Å². The molecular formula is C21H28N4O2. The average Bonchev–Trinajstić information content (AvgIpc) is 2.68. The maximum Gasteiger partial charge on any atom is 0.318 e. The van der Waals surface area contributed by atoms with Crippen molar-refractivity contribution in [2.24, 2.45) is 0 Å². The van der Waals surface area contributed by atoms with Crippen molar-refractivity contribution < 1.29 is 9.90 Å². The van der Waals surface area contributed by atoms with Gasteiger partial charge in [0.15, 0.2) is 0 Å². The Morgan fingerprint density at radius 1 is 1.22 bits per heavy atom. The number of pyridine rings is 1. The van der Waals surface area contributed by atoms with Crippen molar-refractivity contribution in [3.8, 4) is 0 Å². The van der Waals surface area contributed by atoms with Crippen LogP contribution in [0.5, 0.6) is 0 Å². The molecule has 3 rings (SSSR count). The van der Waals surface area contributed by atoms with Gasteiger partial charge in [0.2, 0.25) is 0 Å². The van der Waals surface area contributed by atoms with E-state index in [1.54, 1.807) is 6.20 Å². The van der Waals surface area contributed by atoms with Crippen LogP contribution in [0.25, 0.3) is 0 Å². The summed E-state index contributed by atoms with van der Waals surface area (Å²) in [5.41, 5.74) is 4.40. The second-order valence-electron chi connectivity index (χ2n) is 7.08. The number of benzene rings is 1. The van der Waals surface area contributed by atoms with Gasteiger partial charge in [-0.25, -0.2) is 4.79 Å². The zero-order valence-electron chi connectivity index (χ0n) is 16.1. The van der Waals surface area contributed by atoms with Crippen LogP contribution in [0, 0.1) is 13.8 Å². The van der Waals surface area contributed by atoms with E-state index in [9.17, 15) is 4.79 Å². The first-order valence-electron chi connectivity index (χ1n) is 9.44. The maximum absolute atomic E-state index is 12.9. The lowest BCUT2D eigenvalue weighted by Crippen LogP contribution is -2.52. The van der Waals surface area contributed by atoms with Gasteiger partial charge in [0, 0.05) is 45.1 Å². The number of aromatic nitrogens is 1. The van der Waals surface area contributed by atoms with E-state index in [0.717, 1.165) is 29.8 Å². The Morgan fingerprint density at radius 2 is 2.00 bits per heavy atom. The number of nitrogens with zero attached hydrogens (tertiary/aromatic N) is 3. The highest BCUT2D eigenvalue weighted by molar-refractivity contribution is 5.75. The van der Waals surface area contributed by atoms with Gasteiger partial charge in [-0.2, -0.15) is 0 Å². The molecule has 1 aliphatic heterocycles.